The monoisotopic (exact) mass is 434 g/mol. The number of aromatic amines is 1. The third-order valence-electron chi connectivity index (χ3n) is 5.30. The lowest BCUT2D eigenvalue weighted by Gasteiger charge is -2.13. The van der Waals surface area contributed by atoms with Gasteiger partial charge in [0.2, 0.25) is 5.56 Å². The lowest BCUT2D eigenvalue weighted by Crippen LogP contribution is -2.32. The molecule has 2 atom stereocenters. The summed E-state index contributed by atoms with van der Waals surface area (Å²) in [6.45, 7) is 1.80. The number of hydrogen-bond acceptors (Lipinski definition) is 5. The molecule has 31 heavy (non-hydrogen) atoms. The van der Waals surface area contributed by atoms with Gasteiger partial charge in [-0.25, -0.2) is 13.9 Å². The van der Waals surface area contributed by atoms with Crippen LogP contribution in [0.3, 0.4) is 0 Å². The van der Waals surface area contributed by atoms with Crippen molar-refractivity contribution >= 4 is 28.0 Å². The van der Waals surface area contributed by atoms with E-state index in [1.54, 1.807) is 18.5 Å². The lowest BCUT2D eigenvalue weighted by atomic mass is 10.1. The second-order valence-electron chi connectivity index (χ2n) is 7.42. The fraction of sp³-hybridized carbons (Fsp3) is 0.182. The number of fused-ring (bicyclic) bond motifs is 1. The lowest BCUT2D eigenvalue weighted by molar-refractivity contribution is 0.635. The van der Waals surface area contributed by atoms with Crippen LogP contribution in [0.25, 0.3) is 16.9 Å². The van der Waals surface area contributed by atoms with E-state index in [9.17, 15) is 9.00 Å². The van der Waals surface area contributed by atoms with Gasteiger partial charge >= 0.3 is 0 Å². The SMILES string of the molecule is O=c1cc(-c2ccc(Nc3ccc(S(=O)NC4CCNC4)cc3)c3nccn23)cc[nH]1. The first-order valence-electron chi connectivity index (χ1n) is 10.1. The van der Waals surface area contributed by atoms with Gasteiger partial charge < -0.3 is 15.6 Å². The summed E-state index contributed by atoms with van der Waals surface area (Å²) >= 11 is 0. The Balaban J connectivity index is 1.37. The smallest absolute Gasteiger partial charge is 0.248 e. The maximum Gasteiger partial charge on any atom is 0.248 e. The van der Waals surface area contributed by atoms with Gasteiger partial charge in [0.25, 0.3) is 0 Å². The Labute approximate surface area is 181 Å². The predicted molar refractivity (Wildman–Crippen MR) is 122 cm³/mol. The quantitative estimate of drug-likeness (QED) is 0.373. The Kier molecular flexibility index (Phi) is 5.37. The molecule has 4 aromatic rings. The summed E-state index contributed by atoms with van der Waals surface area (Å²) in [5, 5.41) is 6.64. The van der Waals surface area contributed by atoms with Gasteiger partial charge in [0, 0.05) is 48.5 Å². The van der Waals surface area contributed by atoms with E-state index in [1.165, 1.54) is 0 Å². The number of hydrogen-bond donors (Lipinski definition) is 4. The second-order valence-corrected chi connectivity index (χ2v) is 8.66. The minimum absolute atomic E-state index is 0.149. The van der Waals surface area contributed by atoms with Crippen LogP contribution in [-0.2, 0) is 11.0 Å². The van der Waals surface area contributed by atoms with Gasteiger partial charge in [0.1, 0.15) is 11.0 Å². The molecule has 4 heterocycles. The molecule has 0 radical (unpaired) electrons. The normalized spacial score (nSPS) is 17.1. The summed E-state index contributed by atoms with van der Waals surface area (Å²) in [7, 11) is -1.23. The molecule has 0 saturated carbocycles. The van der Waals surface area contributed by atoms with Crippen molar-refractivity contribution < 1.29 is 4.21 Å². The molecule has 1 aliphatic rings. The zero-order valence-corrected chi connectivity index (χ0v) is 17.5. The number of benzene rings is 1. The van der Waals surface area contributed by atoms with Crippen LogP contribution in [0.2, 0.25) is 0 Å². The number of anilines is 2. The number of nitrogens with one attached hydrogen (secondary N) is 4. The Morgan fingerprint density at radius 1 is 1.13 bits per heavy atom. The minimum Gasteiger partial charge on any atom is -0.352 e. The van der Waals surface area contributed by atoms with E-state index in [1.807, 2.05) is 53.1 Å². The van der Waals surface area contributed by atoms with E-state index in [-0.39, 0.29) is 11.6 Å². The van der Waals surface area contributed by atoms with Crippen LogP contribution in [0.15, 0.2) is 76.8 Å². The fourth-order valence-corrected chi connectivity index (χ4v) is 4.77. The molecule has 1 fully saturated rings. The predicted octanol–water partition coefficient (Wildman–Crippen LogP) is 2.41. The number of nitrogens with zero attached hydrogens (tertiary/aromatic N) is 2. The van der Waals surface area contributed by atoms with Crippen molar-refractivity contribution in [2.24, 2.45) is 0 Å². The van der Waals surface area contributed by atoms with Crippen molar-refractivity contribution in [2.45, 2.75) is 17.4 Å². The Bertz CT molecular complexity index is 1290. The highest BCUT2D eigenvalue weighted by molar-refractivity contribution is 7.83. The molecule has 0 bridgehead atoms. The van der Waals surface area contributed by atoms with Crippen LogP contribution in [0, 0.1) is 0 Å². The zero-order valence-electron chi connectivity index (χ0n) is 16.7. The molecule has 0 spiro atoms. The van der Waals surface area contributed by atoms with Gasteiger partial charge in [-0.1, -0.05) is 0 Å². The van der Waals surface area contributed by atoms with E-state index in [2.05, 4.69) is 25.3 Å². The van der Waals surface area contributed by atoms with E-state index in [4.69, 9.17) is 0 Å². The summed E-state index contributed by atoms with van der Waals surface area (Å²) in [5.74, 6) is 0. The maximum absolute atomic E-state index is 12.5. The summed E-state index contributed by atoms with van der Waals surface area (Å²) in [6, 6.07) is 15.1. The van der Waals surface area contributed by atoms with Crippen LogP contribution in [0.5, 0.6) is 0 Å². The van der Waals surface area contributed by atoms with Gasteiger partial charge in [-0.15, -0.1) is 0 Å². The number of rotatable bonds is 6. The van der Waals surface area contributed by atoms with E-state index >= 15 is 0 Å². The molecule has 9 heteroatoms. The fourth-order valence-electron chi connectivity index (χ4n) is 3.74. The highest BCUT2D eigenvalue weighted by Crippen LogP contribution is 2.27. The van der Waals surface area contributed by atoms with Gasteiger partial charge in [0.05, 0.1) is 16.3 Å². The van der Waals surface area contributed by atoms with Crippen LogP contribution in [0.4, 0.5) is 11.4 Å². The van der Waals surface area contributed by atoms with Crippen molar-refractivity contribution in [1.29, 1.82) is 0 Å². The van der Waals surface area contributed by atoms with Crippen LogP contribution < -0.4 is 20.9 Å². The average molecular weight is 435 g/mol. The first-order chi connectivity index (χ1) is 15.2. The maximum atomic E-state index is 12.5. The highest BCUT2D eigenvalue weighted by atomic mass is 32.2. The van der Waals surface area contributed by atoms with Gasteiger partial charge in [-0.05, 0) is 55.4 Å². The molecule has 0 aliphatic carbocycles. The van der Waals surface area contributed by atoms with Crippen LogP contribution in [-0.4, -0.2) is 37.7 Å². The third kappa shape index (κ3) is 4.15. The molecule has 2 unspecified atom stereocenters. The summed E-state index contributed by atoms with van der Waals surface area (Å²) in [4.78, 5) is 19.6. The number of imidazole rings is 1. The number of pyridine rings is 2. The summed E-state index contributed by atoms with van der Waals surface area (Å²) in [5.41, 5.74) is 4.00. The Morgan fingerprint density at radius 2 is 2.00 bits per heavy atom. The minimum atomic E-state index is -1.23. The molecule has 0 amide bonds. The van der Waals surface area contributed by atoms with Crippen LogP contribution >= 0.6 is 0 Å². The molecule has 4 N–H and O–H groups in total. The van der Waals surface area contributed by atoms with E-state index in [0.29, 0.717) is 0 Å². The van der Waals surface area contributed by atoms with Gasteiger partial charge in [0.15, 0.2) is 5.65 Å². The molecular formula is C22H22N6O2S. The van der Waals surface area contributed by atoms with E-state index in [0.717, 1.165) is 52.7 Å². The topological polar surface area (TPSA) is 103 Å². The van der Waals surface area contributed by atoms with Crippen molar-refractivity contribution in [3.05, 3.63) is 77.5 Å². The van der Waals surface area contributed by atoms with Crippen LogP contribution in [0.1, 0.15) is 6.42 Å². The van der Waals surface area contributed by atoms with Crippen molar-refractivity contribution in [1.82, 2.24) is 24.4 Å². The molecule has 158 valence electrons. The molecule has 1 saturated heterocycles. The first-order valence-corrected chi connectivity index (χ1v) is 11.2. The number of aromatic nitrogens is 3. The third-order valence-corrected chi connectivity index (χ3v) is 6.55. The zero-order chi connectivity index (χ0) is 21.2. The Morgan fingerprint density at radius 3 is 2.77 bits per heavy atom. The molecule has 8 nitrogen and oxygen atoms in total. The Hall–Kier alpha value is -3.27. The van der Waals surface area contributed by atoms with E-state index < -0.39 is 11.0 Å². The highest BCUT2D eigenvalue weighted by Gasteiger charge is 2.17. The summed E-state index contributed by atoms with van der Waals surface area (Å²) in [6.07, 6.45) is 6.22. The molecule has 3 aromatic heterocycles. The molecule has 1 aliphatic heterocycles. The molecule has 1 aromatic carbocycles. The molecular weight excluding hydrogens is 412 g/mol. The summed E-state index contributed by atoms with van der Waals surface area (Å²) < 4.78 is 17.6. The van der Waals surface area contributed by atoms with Gasteiger partial charge in [-0.3, -0.25) is 9.20 Å². The van der Waals surface area contributed by atoms with Crippen molar-refractivity contribution in [3.63, 3.8) is 0 Å². The molecule has 5 rings (SSSR count). The van der Waals surface area contributed by atoms with Crippen molar-refractivity contribution in [3.8, 4) is 11.3 Å². The second kappa shape index (κ2) is 8.46. The standard InChI is InChI=1S/C22H22N6O2S/c29-21-13-15(7-10-24-21)20-6-5-19(22-25-11-12-28(20)22)26-16-1-3-18(4-2-16)31(30)27-17-8-9-23-14-17/h1-7,10-13,17,23,26-27H,8-9,14H2,(H,24,29). The first kappa shape index (κ1) is 19.7. The van der Waals surface area contributed by atoms with Gasteiger partial charge in [-0.2, -0.15) is 0 Å². The number of H-pyrrole nitrogens is 1. The average Bonchev–Trinajstić information content (AvgIpc) is 3.47. The van der Waals surface area contributed by atoms with Crippen molar-refractivity contribution in [2.75, 3.05) is 18.4 Å². The largest absolute Gasteiger partial charge is 0.352 e.